The highest BCUT2D eigenvalue weighted by atomic mass is 15.1. The number of aryl methyl sites for hydroxylation is 1. The Morgan fingerprint density at radius 3 is 2.60 bits per heavy atom. The molecule has 3 nitrogen and oxygen atoms in total. The maximum atomic E-state index is 5.38. The number of aromatic amines is 1. The first-order chi connectivity index (χ1) is 4.75. The van der Waals surface area contributed by atoms with E-state index in [1.54, 1.807) is 0 Å². The zero-order valence-corrected chi connectivity index (χ0v) is 6.44. The number of aromatic nitrogens is 2. The molecule has 0 aromatic carbocycles. The van der Waals surface area contributed by atoms with Crippen LogP contribution in [0.2, 0.25) is 0 Å². The van der Waals surface area contributed by atoms with Crippen LogP contribution in [0.4, 0.5) is 0 Å². The van der Waals surface area contributed by atoms with Gasteiger partial charge in [-0.15, -0.1) is 0 Å². The zero-order chi connectivity index (χ0) is 7.56. The molecule has 0 atom stereocenters. The second-order valence-electron chi connectivity index (χ2n) is 2.46. The van der Waals surface area contributed by atoms with E-state index in [4.69, 9.17) is 5.73 Å². The molecule has 3 N–H and O–H groups in total. The molecule has 10 heavy (non-hydrogen) atoms. The summed E-state index contributed by atoms with van der Waals surface area (Å²) >= 11 is 0. The molecule has 0 saturated heterocycles. The van der Waals surface area contributed by atoms with Gasteiger partial charge in [-0.1, -0.05) is 0 Å². The predicted molar refractivity (Wildman–Crippen MR) is 40.8 cm³/mol. The van der Waals surface area contributed by atoms with Gasteiger partial charge in [0.2, 0.25) is 0 Å². The minimum Gasteiger partial charge on any atom is -0.330 e. The van der Waals surface area contributed by atoms with Gasteiger partial charge in [-0.05, 0) is 26.0 Å². The van der Waals surface area contributed by atoms with E-state index in [0.29, 0.717) is 6.54 Å². The minimum absolute atomic E-state index is 0.672. The van der Waals surface area contributed by atoms with Gasteiger partial charge in [0.25, 0.3) is 0 Å². The predicted octanol–water partition coefficient (Wildman–Crippen LogP) is 0.528. The third kappa shape index (κ3) is 1.19. The van der Waals surface area contributed by atoms with Crippen LogP contribution in [0.15, 0.2) is 0 Å². The Kier molecular flexibility index (Phi) is 2.06. The smallest absolute Gasteiger partial charge is 0.0666 e. The van der Waals surface area contributed by atoms with Gasteiger partial charge in [-0.2, -0.15) is 5.10 Å². The number of nitrogens with two attached hydrogens (primary N) is 1. The molecule has 0 fully saturated rings. The first-order valence-electron chi connectivity index (χ1n) is 3.46. The second kappa shape index (κ2) is 2.84. The van der Waals surface area contributed by atoms with E-state index in [9.17, 15) is 0 Å². The number of hydrogen-bond acceptors (Lipinski definition) is 2. The van der Waals surface area contributed by atoms with Gasteiger partial charge in [0.1, 0.15) is 0 Å². The van der Waals surface area contributed by atoms with Crippen molar-refractivity contribution in [1.82, 2.24) is 10.2 Å². The van der Waals surface area contributed by atoms with Gasteiger partial charge < -0.3 is 5.73 Å². The van der Waals surface area contributed by atoms with Crippen LogP contribution < -0.4 is 5.73 Å². The minimum atomic E-state index is 0.672. The highest BCUT2D eigenvalue weighted by Crippen LogP contribution is 2.07. The third-order valence-corrected chi connectivity index (χ3v) is 1.74. The fourth-order valence-corrected chi connectivity index (χ4v) is 0.916. The number of rotatable bonds is 2. The molecule has 1 rings (SSSR count). The summed E-state index contributed by atoms with van der Waals surface area (Å²) in [6, 6.07) is 0. The summed E-state index contributed by atoms with van der Waals surface area (Å²) in [4.78, 5) is 0. The molecule has 0 bridgehead atoms. The standard InChI is InChI=1S/C7H13N3/c1-5-6(2)9-10-7(5)3-4-8/h3-4,8H2,1-2H3,(H,9,10). The Morgan fingerprint density at radius 1 is 1.50 bits per heavy atom. The van der Waals surface area contributed by atoms with Gasteiger partial charge in [-0.3, -0.25) is 5.10 Å². The van der Waals surface area contributed by atoms with Gasteiger partial charge in [-0.25, -0.2) is 0 Å². The molecule has 0 saturated carbocycles. The highest BCUT2D eigenvalue weighted by Gasteiger charge is 2.02. The summed E-state index contributed by atoms with van der Waals surface area (Å²) in [5.74, 6) is 0. The molecule has 56 valence electrons. The first kappa shape index (κ1) is 7.28. The van der Waals surface area contributed by atoms with Crippen molar-refractivity contribution < 1.29 is 0 Å². The lowest BCUT2D eigenvalue weighted by Crippen LogP contribution is -2.03. The fraction of sp³-hybridized carbons (Fsp3) is 0.571. The second-order valence-corrected chi connectivity index (χ2v) is 2.46. The quantitative estimate of drug-likeness (QED) is 0.628. The maximum absolute atomic E-state index is 5.38. The van der Waals surface area contributed by atoms with Crippen molar-refractivity contribution in [2.24, 2.45) is 5.73 Å². The van der Waals surface area contributed by atoms with Gasteiger partial charge in [0, 0.05) is 12.1 Å². The van der Waals surface area contributed by atoms with E-state index in [-0.39, 0.29) is 0 Å². The SMILES string of the molecule is Cc1[nH]nc(CCN)c1C. The molecule has 0 spiro atoms. The van der Waals surface area contributed by atoms with Gasteiger partial charge in [0.05, 0.1) is 5.69 Å². The van der Waals surface area contributed by atoms with Crippen molar-refractivity contribution in [2.45, 2.75) is 20.3 Å². The Morgan fingerprint density at radius 2 is 2.20 bits per heavy atom. The van der Waals surface area contributed by atoms with Crippen molar-refractivity contribution in [3.05, 3.63) is 17.0 Å². The van der Waals surface area contributed by atoms with Crippen LogP contribution >= 0.6 is 0 Å². The summed E-state index contributed by atoms with van der Waals surface area (Å²) < 4.78 is 0. The summed E-state index contributed by atoms with van der Waals surface area (Å²) in [6.45, 7) is 4.75. The maximum Gasteiger partial charge on any atom is 0.0666 e. The van der Waals surface area contributed by atoms with Crippen molar-refractivity contribution >= 4 is 0 Å². The lowest BCUT2D eigenvalue weighted by atomic mass is 10.2. The Labute approximate surface area is 60.6 Å². The van der Waals surface area contributed by atoms with Crippen molar-refractivity contribution in [3.8, 4) is 0 Å². The lowest BCUT2D eigenvalue weighted by Gasteiger charge is -1.92. The van der Waals surface area contributed by atoms with Gasteiger partial charge in [0.15, 0.2) is 0 Å². The molecular formula is C7H13N3. The Bertz CT molecular complexity index is 215. The van der Waals surface area contributed by atoms with Crippen molar-refractivity contribution in [3.63, 3.8) is 0 Å². The van der Waals surface area contributed by atoms with Crippen LogP contribution in [-0.4, -0.2) is 16.7 Å². The summed E-state index contributed by atoms with van der Waals surface area (Å²) in [5.41, 5.74) is 8.87. The average molecular weight is 139 g/mol. The average Bonchev–Trinajstić information content (AvgIpc) is 2.20. The van der Waals surface area contributed by atoms with Gasteiger partial charge >= 0.3 is 0 Å². The van der Waals surface area contributed by atoms with E-state index in [1.165, 1.54) is 5.56 Å². The molecule has 3 heteroatoms. The first-order valence-corrected chi connectivity index (χ1v) is 3.46. The number of hydrogen-bond donors (Lipinski definition) is 2. The van der Waals surface area contributed by atoms with E-state index < -0.39 is 0 Å². The van der Waals surface area contributed by atoms with E-state index in [1.807, 2.05) is 6.92 Å². The Hall–Kier alpha value is -0.830. The number of nitrogens with zero attached hydrogens (tertiary/aromatic N) is 1. The number of nitrogens with one attached hydrogen (secondary N) is 1. The van der Waals surface area contributed by atoms with Crippen LogP contribution in [0.3, 0.4) is 0 Å². The largest absolute Gasteiger partial charge is 0.330 e. The molecule has 1 heterocycles. The van der Waals surface area contributed by atoms with Crippen molar-refractivity contribution in [2.75, 3.05) is 6.54 Å². The molecule has 1 aromatic heterocycles. The Balaban J connectivity index is 2.83. The van der Waals surface area contributed by atoms with E-state index >= 15 is 0 Å². The molecule has 0 aliphatic heterocycles. The summed E-state index contributed by atoms with van der Waals surface area (Å²) in [6.07, 6.45) is 0.871. The van der Waals surface area contributed by atoms with E-state index in [0.717, 1.165) is 17.8 Å². The fourth-order valence-electron chi connectivity index (χ4n) is 0.916. The molecular weight excluding hydrogens is 126 g/mol. The third-order valence-electron chi connectivity index (χ3n) is 1.74. The van der Waals surface area contributed by atoms with E-state index in [2.05, 4.69) is 17.1 Å². The topological polar surface area (TPSA) is 54.7 Å². The van der Waals surface area contributed by atoms with Crippen LogP contribution in [-0.2, 0) is 6.42 Å². The zero-order valence-electron chi connectivity index (χ0n) is 6.44. The van der Waals surface area contributed by atoms with Crippen LogP contribution in [0.1, 0.15) is 17.0 Å². The monoisotopic (exact) mass is 139 g/mol. The molecule has 0 aliphatic carbocycles. The highest BCUT2D eigenvalue weighted by molar-refractivity contribution is 5.22. The lowest BCUT2D eigenvalue weighted by molar-refractivity contribution is 0.893. The molecule has 0 aliphatic rings. The van der Waals surface area contributed by atoms with Crippen molar-refractivity contribution in [1.29, 1.82) is 0 Å². The molecule has 0 radical (unpaired) electrons. The summed E-state index contributed by atoms with van der Waals surface area (Å²) in [7, 11) is 0. The molecule has 1 aromatic rings. The molecule has 0 amide bonds. The van der Waals surface area contributed by atoms with Crippen LogP contribution in [0.5, 0.6) is 0 Å². The normalized spacial score (nSPS) is 10.3. The number of H-pyrrole nitrogens is 1. The summed E-state index contributed by atoms with van der Waals surface area (Å²) in [5, 5.41) is 7.02. The van der Waals surface area contributed by atoms with Crippen LogP contribution in [0.25, 0.3) is 0 Å². The molecule has 0 unspecified atom stereocenters. The van der Waals surface area contributed by atoms with Crippen LogP contribution in [0, 0.1) is 13.8 Å².